The van der Waals surface area contributed by atoms with Crippen LogP contribution in [0.25, 0.3) is 0 Å². The normalized spacial score (nSPS) is 22.6. The fourth-order valence-corrected chi connectivity index (χ4v) is 2.15. The largest absolute Gasteiger partial charge is 0.335 e. The standard InChI is InChI=1S/C11H16N2O/c1-2-13-8-7-12-11(13)9-5-3-4-6-10(9)14/h7-9H,2-6H2,1H3. The van der Waals surface area contributed by atoms with E-state index in [0.717, 1.165) is 38.1 Å². The van der Waals surface area contributed by atoms with Crippen LogP contribution in [0, 0.1) is 0 Å². The predicted octanol–water partition coefficient (Wildman–Crippen LogP) is 2.13. The highest BCUT2D eigenvalue weighted by molar-refractivity contribution is 5.85. The summed E-state index contributed by atoms with van der Waals surface area (Å²) in [6.07, 6.45) is 7.68. The average molecular weight is 192 g/mol. The Hall–Kier alpha value is -1.12. The van der Waals surface area contributed by atoms with Crippen molar-refractivity contribution in [2.75, 3.05) is 0 Å². The molecule has 1 aromatic heterocycles. The average Bonchev–Trinajstić information content (AvgIpc) is 2.66. The van der Waals surface area contributed by atoms with Gasteiger partial charge in [-0.25, -0.2) is 4.98 Å². The first-order valence-electron chi connectivity index (χ1n) is 5.36. The summed E-state index contributed by atoms with van der Waals surface area (Å²) in [6.45, 7) is 2.98. The second kappa shape index (κ2) is 3.95. The number of hydrogen-bond acceptors (Lipinski definition) is 2. The molecule has 14 heavy (non-hydrogen) atoms. The molecule has 0 saturated heterocycles. The third kappa shape index (κ3) is 1.59. The molecule has 2 rings (SSSR count). The van der Waals surface area contributed by atoms with Gasteiger partial charge in [0.05, 0.1) is 5.92 Å². The lowest BCUT2D eigenvalue weighted by molar-refractivity contribution is -0.122. The predicted molar refractivity (Wildman–Crippen MR) is 54.1 cm³/mol. The van der Waals surface area contributed by atoms with Gasteiger partial charge in [0.1, 0.15) is 11.6 Å². The molecule has 1 heterocycles. The van der Waals surface area contributed by atoms with E-state index in [2.05, 4.69) is 16.5 Å². The summed E-state index contributed by atoms with van der Waals surface area (Å²) in [7, 11) is 0. The zero-order valence-corrected chi connectivity index (χ0v) is 8.57. The SMILES string of the molecule is CCn1ccnc1C1CCCCC1=O. The first kappa shape index (κ1) is 9.44. The van der Waals surface area contributed by atoms with Gasteiger partial charge < -0.3 is 4.57 Å². The Morgan fingerprint density at radius 3 is 3.14 bits per heavy atom. The van der Waals surface area contributed by atoms with Gasteiger partial charge in [-0.1, -0.05) is 6.42 Å². The lowest BCUT2D eigenvalue weighted by Gasteiger charge is -2.20. The summed E-state index contributed by atoms with van der Waals surface area (Å²) in [5.41, 5.74) is 0. The number of ketones is 1. The fourth-order valence-electron chi connectivity index (χ4n) is 2.15. The van der Waals surface area contributed by atoms with Crippen LogP contribution in [-0.4, -0.2) is 15.3 Å². The molecule has 1 aliphatic rings. The molecule has 0 N–H and O–H groups in total. The molecule has 0 aliphatic heterocycles. The maximum absolute atomic E-state index is 11.7. The molecule has 1 fully saturated rings. The van der Waals surface area contributed by atoms with Crippen molar-refractivity contribution in [3.63, 3.8) is 0 Å². The maximum atomic E-state index is 11.7. The number of rotatable bonds is 2. The van der Waals surface area contributed by atoms with E-state index < -0.39 is 0 Å². The highest BCUT2D eigenvalue weighted by atomic mass is 16.1. The molecule has 3 heteroatoms. The molecule has 0 amide bonds. The van der Waals surface area contributed by atoms with E-state index in [1.54, 1.807) is 6.20 Å². The van der Waals surface area contributed by atoms with Crippen LogP contribution in [-0.2, 0) is 11.3 Å². The highest BCUT2D eigenvalue weighted by Gasteiger charge is 2.26. The third-order valence-electron chi connectivity index (χ3n) is 2.95. The summed E-state index contributed by atoms with van der Waals surface area (Å²) in [6, 6.07) is 0. The Morgan fingerprint density at radius 1 is 1.57 bits per heavy atom. The van der Waals surface area contributed by atoms with E-state index in [1.807, 2.05) is 6.20 Å². The molecule has 1 atom stereocenters. The van der Waals surface area contributed by atoms with E-state index >= 15 is 0 Å². The first-order valence-corrected chi connectivity index (χ1v) is 5.36. The van der Waals surface area contributed by atoms with Gasteiger partial charge in [-0.3, -0.25) is 4.79 Å². The van der Waals surface area contributed by atoms with E-state index in [1.165, 1.54) is 0 Å². The van der Waals surface area contributed by atoms with Gasteiger partial charge in [-0.05, 0) is 19.8 Å². The topological polar surface area (TPSA) is 34.9 Å². The van der Waals surface area contributed by atoms with Crippen LogP contribution in [0.5, 0.6) is 0 Å². The summed E-state index contributed by atoms with van der Waals surface area (Å²) < 4.78 is 2.08. The van der Waals surface area contributed by atoms with Crippen molar-refractivity contribution in [3.8, 4) is 0 Å². The Morgan fingerprint density at radius 2 is 2.43 bits per heavy atom. The van der Waals surface area contributed by atoms with Gasteiger partial charge in [-0.2, -0.15) is 0 Å². The summed E-state index contributed by atoms with van der Waals surface area (Å²) in [4.78, 5) is 16.0. The van der Waals surface area contributed by atoms with Crippen LogP contribution in [0.4, 0.5) is 0 Å². The van der Waals surface area contributed by atoms with Crippen LogP contribution < -0.4 is 0 Å². The second-order valence-corrected chi connectivity index (χ2v) is 3.84. The Balaban J connectivity index is 2.24. The quantitative estimate of drug-likeness (QED) is 0.719. The molecule has 0 bridgehead atoms. The van der Waals surface area contributed by atoms with Crippen LogP contribution in [0.3, 0.4) is 0 Å². The first-order chi connectivity index (χ1) is 6.83. The maximum Gasteiger partial charge on any atom is 0.143 e. The number of nitrogens with zero attached hydrogens (tertiary/aromatic N) is 2. The smallest absolute Gasteiger partial charge is 0.143 e. The molecule has 1 unspecified atom stereocenters. The fraction of sp³-hybridized carbons (Fsp3) is 0.636. The minimum atomic E-state index is 0.0682. The lowest BCUT2D eigenvalue weighted by Crippen LogP contribution is -2.20. The minimum absolute atomic E-state index is 0.0682. The Kier molecular flexibility index (Phi) is 2.66. The van der Waals surface area contributed by atoms with Crippen molar-refractivity contribution in [3.05, 3.63) is 18.2 Å². The van der Waals surface area contributed by atoms with Crippen molar-refractivity contribution in [1.82, 2.24) is 9.55 Å². The van der Waals surface area contributed by atoms with Crippen LogP contribution in [0.15, 0.2) is 12.4 Å². The van der Waals surface area contributed by atoms with Gasteiger partial charge in [0.15, 0.2) is 0 Å². The molecular weight excluding hydrogens is 176 g/mol. The number of aryl methyl sites for hydroxylation is 1. The van der Waals surface area contributed by atoms with Gasteiger partial charge in [0, 0.05) is 25.4 Å². The van der Waals surface area contributed by atoms with Gasteiger partial charge >= 0.3 is 0 Å². The van der Waals surface area contributed by atoms with Crippen molar-refractivity contribution < 1.29 is 4.79 Å². The van der Waals surface area contributed by atoms with E-state index in [4.69, 9.17) is 0 Å². The van der Waals surface area contributed by atoms with E-state index in [9.17, 15) is 4.79 Å². The van der Waals surface area contributed by atoms with Crippen LogP contribution in [0.1, 0.15) is 44.3 Å². The number of Topliss-reactive ketones (excluding diaryl/α,β-unsaturated/α-hetero) is 1. The van der Waals surface area contributed by atoms with Crippen molar-refractivity contribution >= 4 is 5.78 Å². The van der Waals surface area contributed by atoms with Crippen molar-refractivity contribution in [2.45, 2.75) is 45.1 Å². The van der Waals surface area contributed by atoms with Gasteiger partial charge in [0.25, 0.3) is 0 Å². The molecule has 0 radical (unpaired) electrons. The molecule has 3 nitrogen and oxygen atoms in total. The Labute approximate surface area is 84.1 Å². The van der Waals surface area contributed by atoms with Crippen molar-refractivity contribution in [1.29, 1.82) is 0 Å². The highest BCUT2D eigenvalue weighted by Crippen LogP contribution is 2.28. The molecular formula is C11H16N2O. The molecule has 0 aromatic carbocycles. The molecule has 1 aliphatic carbocycles. The van der Waals surface area contributed by atoms with Gasteiger partial charge in [0.2, 0.25) is 0 Å². The number of carbonyl (C=O) groups excluding carboxylic acids is 1. The lowest BCUT2D eigenvalue weighted by atomic mass is 9.87. The van der Waals surface area contributed by atoms with Crippen LogP contribution in [0.2, 0.25) is 0 Å². The minimum Gasteiger partial charge on any atom is -0.335 e. The third-order valence-corrected chi connectivity index (χ3v) is 2.95. The monoisotopic (exact) mass is 192 g/mol. The molecule has 1 saturated carbocycles. The molecule has 76 valence electrons. The van der Waals surface area contributed by atoms with Crippen LogP contribution >= 0.6 is 0 Å². The zero-order valence-electron chi connectivity index (χ0n) is 8.57. The zero-order chi connectivity index (χ0) is 9.97. The van der Waals surface area contributed by atoms with Crippen molar-refractivity contribution in [2.24, 2.45) is 0 Å². The van der Waals surface area contributed by atoms with Gasteiger partial charge in [-0.15, -0.1) is 0 Å². The molecule has 1 aromatic rings. The molecule has 0 spiro atoms. The number of imidazole rings is 1. The number of aromatic nitrogens is 2. The Bertz CT molecular complexity index is 330. The number of carbonyl (C=O) groups is 1. The summed E-state index contributed by atoms with van der Waals surface area (Å²) in [5.74, 6) is 1.41. The van der Waals surface area contributed by atoms with E-state index in [0.29, 0.717) is 5.78 Å². The second-order valence-electron chi connectivity index (χ2n) is 3.84. The number of hydrogen-bond donors (Lipinski definition) is 0. The van der Waals surface area contributed by atoms with E-state index in [-0.39, 0.29) is 5.92 Å². The summed E-state index contributed by atoms with van der Waals surface area (Å²) >= 11 is 0. The summed E-state index contributed by atoms with van der Waals surface area (Å²) in [5, 5.41) is 0.